The lowest BCUT2D eigenvalue weighted by molar-refractivity contribution is -0.120. The first-order chi connectivity index (χ1) is 14.5. The molecule has 0 radical (unpaired) electrons. The van der Waals surface area contributed by atoms with Crippen molar-refractivity contribution in [3.63, 3.8) is 0 Å². The van der Waals surface area contributed by atoms with Gasteiger partial charge in [0.15, 0.2) is 0 Å². The summed E-state index contributed by atoms with van der Waals surface area (Å²) in [5.41, 5.74) is 3.26. The first-order valence-corrected chi connectivity index (χ1v) is 10.5. The van der Waals surface area contributed by atoms with E-state index < -0.39 is 11.4 Å². The topological polar surface area (TPSA) is 57.6 Å². The maximum atomic E-state index is 13.9. The van der Waals surface area contributed by atoms with Crippen LogP contribution in [0.3, 0.4) is 0 Å². The Morgan fingerprint density at radius 1 is 1.00 bits per heavy atom. The molecule has 1 amide bonds. The molecule has 4 nitrogen and oxygen atoms in total. The van der Waals surface area contributed by atoms with Gasteiger partial charge in [0, 0.05) is 10.7 Å². The molecule has 0 aliphatic carbocycles. The summed E-state index contributed by atoms with van der Waals surface area (Å²) >= 11 is 6.32. The summed E-state index contributed by atoms with van der Waals surface area (Å²) in [4.78, 5) is 27.0. The molecule has 158 valence electrons. The fraction of sp³-hybridized carbons (Fsp3) is 0.231. The van der Waals surface area contributed by atoms with Crippen molar-refractivity contribution in [2.45, 2.75) is 38.5 Å². The van der Waals surface area contributed by atoms with Gasteiger partial charge in [0.2, 0.25) is 5.91 Å². The smallest absolute Gasteiger partial charge is 0.335 e. The van der Waals surface area contributed by atoms with Crippen LogP contribution in [-0.4, -0.2) is 17.0 Å². The third-order valence-corrected chi connectivity index (χ3v) is 6.28. The van der Waals surface area contributed by atoms with Gasteiger partial charge in [-0.1, -0.05) is 62.7 Å². The van der Waals surface area contributed by atoms with Crippen molar-refractivity contribution >= 4 is 34.9 Å². The highest BCUT2D eigenvalue weighted by Crippen LogP contribution is 2.50. The second kappa shape index (κ2) is 7.24. The quantitative estimate of drug-likeness (QED) is 0.525. The summed E-state index contributed by atoms with van der Waals surface area (Å²) in [5.74, 6) is -1.18. The summed E-state index contributed by atoms with van der Waals surface area (Å²) in [6.07, 6.45) is 0. The predicted octanol–water partition coefficient (Wildman–Crippen LogP) is 6.32. The number of hydrogen-bond acceptors (Lipinski definition) is 2. The minimum atomic E-state index is -1.04. The normalized spacial score (nSPS) is 18.2. The lowest BCUT2D eigenvalue weighted by Gasteiger charge is -2.27. The number of rotatable bonds is 3. The number of carboxylic acids is 1. The Morgan fingerprint density at radius 2 is 1.68 bits per heavy atom. The van der Waals surface area contributed by atoms with E-state index in [1.54, 1.807) is 23.1 Å². The van der Waals surface area contributed by atoms with E-state index in [0.29, 0.717) is 16.4 Å². The van der Waals surface area contributed by atoms with E-state index in [1.807, 2.05) is 31.2 Å². The first kappa shape index (κ1) is 21.1. The SMILES string of the molecule is CC(C)(C)c1ccc([C@@]2(C)C(=O)N(c3cccc(C(=O)O)c3)c3ccc(Cl)cc32)cc1. The number of carbonyl (C=O) groups is 2. The van der Waals surface area contributed by atoms with Gasteiger partial charge in [-0.3, -0.25) is 9.69 Å². The fourth-order valence-corrected chi connectivity index (χ4v) is 4.34. The number of anilines is 2. The molecule has 1 atom stereocenters. The van der Waals surface area contributed by atoms with Gasteiger partial charge >= 0.3 is 5.97 Å². The molecule has 5 heteroatoms. The van der Waals surface area contributed by atoms with E-state index in [0.717, 1.165) is 11.1 Å². The van der Waals surface area contributed by atoms with Crippen molar-refractivity contribution in [1.29, 1.82) is 0 Å². The summed E-state index contributed by atoms with van der Waals surface area (Å²) in [7, 11) is 0. The average molecular weight is 434 g/mol. The van der Waals surface area contributed by atoms with Crippen molar-refractivity contribution in [2.24, 2.45) is 0 Å². The van der Waals surface area contributed by atoms with Gasteiger partial charge in [-0.15, -0.1) is 0 Å². The van der Waals surface area contributed by atoms with Crippen LogP contribution in [-0.2, 0) is 15.6 Å². The molecule has 0 saturated heterocycles. The fourth-order valence-electron chi connectivity index (χ4n) is 4.17. The van der Waals surface area contributed by atoms with Gasteiger partial charge < -0.3 is 5.11 Å². The molecule has 0 saturated carbocycles. The van der Waals surface area contributed by atoms with Crippen LogP contribution in [0.4, 0.5) is 11.4 Å². The Morgan fingerprint density at radius 3 is 2.29 bits per heavy atom. The summed E-state index contributed by atoms with van der Waals surface area (Å²) in [5, 5.41) is 9.95. The second-order valence-corrected chi connectivity index (χ2v) is 9.55. The largest absolute Gasteiger partial charge is 0.478 e. The Hall–Kier alpha value is -3.11. The van der Waals surface area contributed by atoms with Crippen molar-refractivity contribution < 1.29 is 14.7 Å². The molecular weight excluding hydrogens is 410 g/mol. The third kappa shape index (κ3) is 3.41. The molecule has 0 unspecified atom stereocenters. The zero-order valence-corrected chi connectivity index (χ0v) is 18.7. The highest BCUT2D eigenvalue weighted by atomic mass is 35.5. The molecule has 1 heterocycles. The number of nitrogens with zero attached hydrogens (tertiary/aromatic N) is 1. The lowest BCUT2D eigenvalue weighted by Crippen LogP contribution is -2.37. The predicted molar refractivity (Wildman–Crippen MR) is 124 cm³/mol. The van der Waals surface area contributed by atoms with Crippen LogP contribution in [0.15, 0.2) is 66.7 Å². The molecule has 4 rings (SSSR count). The molecule has 3 aromatic rings. The number of carbonyl (C=O) groups excluding carboxylic acids is 1. The Bertz CT molecular complexity index is 1190. The van der Waals surface area contributed by atoms with Crippen molar-refractivity contribution in [1.82, 2.24) is 0 Å². The molecule has 0 bridgehead atoms. The molecule has 1 aliphatic rings. The van der Waals surface area contributed by atoms with Gasteiger partial charge in [0.25, 0.3) is 0 Å². The standard InChI is InChI=1S/C26H24ClNO3/c1-25(2,3)17-8-10-18(11-9-17)26(4)21-15-19(27)12-13-22(21)28(24(26)31)20-7-5-6-16(14-20)23(29)30/h5-15H,1-4H3,(H,29,30)/t26-/m1/s1. The first-order valence-electron chi connectivity index (χ1n) is 10.1. The minimum Gasteiger partial charge on any atom is -0.478 e. The zero-order valence-electron chi connectivity index (χ0n) is 17.9. The van der Waals surface area contributed by atoms with E-state index in [1.165, 1.54) is 17.7 Å². The molecule has 1 N–H and O–H groups in total. The molecule has 0 spiro atoms. The van der Waals surface area contributed by atoms with Crippen molar-refractivity contribution in [3.05, 3.63) is 94.0 Å². The van der Waals surface area contributed by atoms with Crippen LogP contribution >= 0.6 is 11.6 Å². The monoisotopic (exact) mass is 433 g/mol. The highest BCUT2D eigenvalue weighted by Gasteiger charge is 2.49. The maximum Gasteiger partial charge on any atom is 0.335 e. The minimum absolute atomic E-state index is 0.00361. The van der Waals surface area contributed by atoms with Crippen LogP contribution in [0, 0.1) is 0 Å². The third-order valence-electron chi connectivity index (χ3n) is 6.05. The van der Waals surface area contributed by atoms with Gasteiger partial charge in [0.1, 0.15) is 0 Å². The van der Waals surface area contributed by atoms with Crippen molar-refractivity contribution in [2.75, 3.05) is 4.90 Å². The Balaban J connectivity index is 1.89. The van der Waals surface area contributed by atoms with E-state index in [4.69, 9.17) is 11.6 Å². The summed E-state index contributed by atoms with van der Waals surface area (Å²) < 4.78 is 0. The van der Waals surface area contributed by atoms with Crippen LogP contribution in [0.5, 0.6) is 0 Å². The summed E-state index contributed by atoms with van der Waals surface area (Å²) in [6, 6.07) is 19.9. The zero-order chi connectivity index (χ0) is 22.6. The van der Waals surface area contributed by atoms with E-state index >= 15 is 0 Å². The number of hydrogen-bond donors (Lipinski definition) is 1. The van der Waals surface area contributed by atoms with Crippen LogP contribution in [0.1, 0.15) is 54.7 Å². The van der Waals surface area contributed by atoms with E-state index in [9.17, 15) is 14.7 Å². The lowest BCUT2D eigenvalue weighted by atomic mass is 9.76. The second-order valence-electron chi connectivity index (χ2n) is 9.11. The van der Waals surface area contributed by atoms with Crippen molar-refractivity contribution in [3.8, 4) is 0 Å². The Kier molecular flexibility index (Phi) is 4.94. The maximum absolute atomic E-state index is 13.9. The molecule has 0 fully saturated rings. The molecule has 0 aromatic heterocycles. The Labute approximate surface area is 187 Å². The molecule has 31 heavy (non-hydrogen) atoms. The number of fused-ring (bicyclic) bond motifs is 1. The van der Waals surface area contributed by atoms with E-state index in [-0.39, 0.29) is 16.9 Å². The van der Waals surface area contributed by atoms with Gasteiger partial charge in [-0.2, -0.15) is 0 Å². The highest BCUT2D eigenvalue weighted by molar-refractivity contribution is 6.31. The number of halogens is 1. The van der Waals surface area contributed by atoms with E-state index in [2.05, 4.69) is 32.9 Å². The van der Waals surface area contributed by atoms with Crippen LogP contribution in [0.2, 0.25) is 5.02 Å². The molecule has 3 aromatic carbocycles. The molecule has 1 aliphatic heterocycles. The number of benzene rings is 3. The number of carboxylic acid groups (broad SMARTS) is 1. The van der Waals surface area contributed by atoms with Gasteiger partial charge in [0.05, 0.1) is 16.7 Å². The average Bonchev–Trinajstić information content (AvgIpc) is 2.95. The number of amides is 1. The van der Waals surface area contributed by atoms with Crippen LogP contribution in [0.25, 0.3) is 0 Å². The van der Waals surface area contributed by atoms with Crippen LogP contribution < -0.4 is 4.90 Å². The molecular formula is C26H24ClNO3. The van der Waals surface area contributed by atoms with Gasteiger partial charge in [-0.05, 0) is 65.4 Å². The van der Waals surface area contributed by atoms with Gasteiger partial charge in [-0.25, -0.2) is 4.79 Å². The summed E-state index contributed by atoms with van der Waals surface area (Å²) in [6.45, 7) is 8.35. The number of aromatic carboxylic acids is 1.